The maximum atomic E-state index is 12.4. The highest BCUT2D eigenvalue weighted by Gasteiger charge is 2.37. The van der Waals surface area contributed by atoms with Gasteiger partial charge in [0, 0.05) is 13.2 Å². The fourth-order valence-corrected chi connectivity index (χ4v) is 2.58. The fourth-order valence-electron chi connectivity index (χ4n) is 2.58. The van der Waals surface area contributed by atoms with Gasteiger partial charge < -0.3 is 9.64 Å². The van der Waals surface area contributed by atoms with Crippen molar-refractivity contribution in [3.8, 4) is 0 Å². The minimum Gasteiger partial charge on any atom is -0.380 e. The Bertz CT molecular complexity index is 269. The smallest absolute Gasteiger partial charge is 0.241 e. The van der Waals surface area contributed by atoms with Crippen LogP contribution in [0.5, 0.6) is 0 Å². The molecule has 0 aromatic carbocycles. The van der Waals surface area contributed by atoms with E-state index in [2.05, 4.69) is 26.1 Å². The molecule has 1 rings (SSSR count). The Kier molecular flexibility index (Phi) is 7.39. The molecule has 4 heteroatoms. The molecular formula is C15H30N2O2. The summed E-state index contributed by atoms with van der Waals surface area (Å²) in [5.74, 6) is 0.851. The quantitative estimate of drug-likeness (QED) is 0.654. The number of carbonyl (C=O) groups is 1. The molecule has 0 saturated carbocycles. The SMILES string of the molecule is CCCCC1NC(CC(C)C)N(CCOCC)C1=O. The van der Waals surface area contributed by atoms with Crippen LogP contribution in [0.3, 0.4) is 0 Å². The number of nitrogens with zero attached hydrogens (tertiary/aromatic N) is 1. The van der Waals surface area contributed by atoms with Crippen LogP contribution in [0.4, 0.5) is 0 Å². The highest BCUT2D eigenvalue weighted by atomic mass is 16.5. The predicted octanol–water partition coefficient (Wildman–Crippen LogP) is 2.39. The molecule has 1 aliphatic rings. The molecule has 0 aromatic rings. The summed E-state index contributed by atoms with van der Waals surface area (Å²) in [4.78, 5) is 14.4. The number of unbranched alkanes of at least 4 members (excludes halogenated alkanes) is 1. The molecule has 1 aliphatic heterocycles. The van der Waals surface area contributed by atoms with Crippen LogP contribution in [0.15, 0.2) is 0 Å². The minimum atomic E-state index is 0.0188. The number of hydrogen-bond acceptors (Lipinski definition) is 3. The highest BCUT2D eigenvalue weighted by molar-refractivity contribution is 5.84. The molecule has 2 atom stereocenters. The molecule has 1 amide bonds. The van der Waals surface area contributed by atoms with Crippen molar-refractivity contribution >= 4 is 5.91 Å². The second-order valence-electron chi connectivity index (χ2n) is 5.74. The molecule has 1 fully saturated rings. The van der Waals surface area contributed by atoms with Crippen LogP contribution in [-0.4, -0.2) is 42.8 Å². The lowest BCUT2D eigenvalue weighted by Gasteiger charge is -2.25. The van der Waals surface area contributed by atoms with Crippen LogP contribution in [0, 0.1) is 5.92 Å². The third kappa shape index (κ3) is 5.11. The zero-order valence-corrected chi connectivity index (χ0v) is 12.9. The molecule has 0 aromatic heterocycles. The minimum absolute atomic E-state index is 0.0188. The second kappa shape index (κ2) is 8.54. The van der Waals surface area contributed by atoms with Crippen LogP contribution < -0.4 is 5.32 Å². The third-order valence-electron chi connectivity index (χ3n) is 3.57. The van der Waals surface area contributed by atoms with E-state index in [9.17, 15) is 4.79 Å². The van der Waals surface area contributed by atoms with Crippen LogP contribution >= 0.6 is 0 Å². The Morgan fingerprint density at radius 3 is 2.68 bits per heavy atom. The summed E-state index contributed by atoms with van der Waals surface area (Å²) < 4.78 is 5.39. The normalized spacial score (nSPS) is 23.6. The Hall–Kier alpha value is -0.610. The van der Waals surface area contributed by atoms with E-state index in [0.29, 0.717) is 25.7 Å². The van der Waals surface area contributed by atoms with Gasteiger partial charge in [-0.15, -0.1) is 0 Å². The lowest BCUT2D eigenvalue weighted by atomic mass is 10.1. The van der Waals surface area contributed by atoms with E-state index in [0.717, 1.165) is 25.7 Å². The van der Waals surface area contributed by atoms with E-state index < -0.39 is 0 Å². The Morgan fingerprint density at radius 1 is 1.37 bits per heavy atom. The first kappa shape index (κ1) is 16.4. The number of nitrogens with one attached hydrogen (secondary N) is 1. The zero-order chi connectivity index (χ0) is 14.3. The Morgan fingerprint density at radius 2 is 2.11 bits per heavy atom. The van der Waals surface area contributed by atoms with Gasteiger partial charge in [0.25, 0.3) is 0 Å². The molecular weight excluding hydrogens is 240 g/mol. The molecule has 1 heterocycles. The average molecular weight is 270 g/mol. The summed E-state index contributed by atoms with van der Waals surface area (Å²) in [6, 6.07) is 0.0188. The van der Waals surface area contributed by atoms with E-state index >= 15 is 0 Å². The number of rotatable bonds is 9. The van der Waals surface area contributed by atoms with Gasteiger partial charge in [0.05, 0.1) is 18.8 Å². The van der Waals surface area contributed by atoms with Crippen molar-refractivity contribution in [1.29, 1.82) is 0 Å². The molecule has 19 heavy (non-hydrogen) atoms. The monoisotopic (exact) mass is 270 g/mol. The van der Waals surface area contributed by atoms with Crippen molar-refractivity contribution in [2.24, 2.45) is 5.92 Å². The van der Waals surface area contributed by atoms with Crippen molar-refractivity contribution in [3.05, 3.63) is 0 Å². The van der Waals surface area contributed by atoms with Crippen LogP contribution in [0.2, 0.25) is 0 Å². The Labute approximate surface area is 117 Å². The summed E-state index contributed by atoms with van der Waals surface area (Å²) in [5.41, 5.74) is 0. The summed E-state index contributed by atoms with van der Waals surface area (Å²) in [7, 11) is 0. The van der Waals surface area contributed by atoms with E-state index in [4.69, 9.17) is 4.74 Å². The molecule has 0 aliphatic carbocycles. The summed E-state index contributed by atoms with van der Waals surface area (Å²) in [5, 5.41) is 3.50. The van der Waals surface area contributed by atoms with Crippen molar-refractivity contribution in [2.75, 3.05) is 19.8 Å². The van der Waals surface area contributed by atoms with Gasteiger partial charge in [0.1, 0.15) is 0 Å². The van der Waals surface area contributed by atoms with Gasteiger partial charge in [-0.2, -0.15) is 0 Å². The third-order valence-corrected chi connectivity index (χ3v) is 3.57. The number of amides is 1. The van der Waals surface area contributed by atoms with Gasteiger partial charge in [-0.25, -0.2) is 0 Å². The first-order chi connectivity index (χ1) is 9.10. The highest BCUT2D eigenvalue weighted by Crippen LogP contribution is 2.20. The van der Waals surface area contributed by atoms with Crippen LogP contribution in [0.25, 0.3) is 0 Å². The Balaban J connectivity index is 2.56. The van der Waals surface area contributed by atoms with Crippen molar-refractivity contribution in [1.82, 2.24) is 10.2 Å². The zero-order valence-electron chi connectivity index (χ0n) is 12.9. The van der Waals surface area contributed by atoms with E-state index in [1.54, 1.807) is 0 Å². The van der Waals surface area contributed by atoms with E-state index in [1.807, 2.05) is 11.8 Å². The fraction of sp³-hybridized carbons (Fsp3) is 0.933. The standard InChI is InChI=1S/C15H30N2O2/c1-5-7-8-13-15(18)17(9-10-19-6-2)14(16-13)11-12(3)4/h12-14,16H,5-11H2,1-4H3. The van der Waals surface area contributed by atoms with Gasteiger partial charge in [-0.05, 0) is 25.7 Å². The maximum Gasteiger partial charge on any atom is 0.241 e. The first-order valence-corrected chi connectivity index (χ1v) is 7.74. The number of carbonyl (C=O) groups excluding carboxylic acids is 1. The number of ether oxygens (including phenoxy) is 1. The van der Waals surface area contributed by atoms with Crippen molar-refractivity contribution < 1.29 is 9.53 Å². The van der Waals surface area contributed by atoms with E-state index in [-0.39, 0.29) is 18.1 Å². The van der Waals surface area contributed by atoms with Crippen molar-refractivity contribution in [2.45, 2.75) is 65.6 Å². The molecule has 0 bridgehead atoms. The maximum absolute atomic E-state index is 12.4. The van der Waals surface area contributed by atoms with Gasteiger partial charge >= 0.3 is 0 Å². The predicted molar refractivity (Wildman–Crippen MR) is 77.9 cm³/mol. The summed E-state index contributed by atoms with van der Waals surface area (Å²) in [6.07, 6.45) is 4.40. The lowest BCUT2D eigenvalue weighted by Crippen LogP contribution is -2.40. The second-order valence-corrected chi connectivity index (χ2v) is 5.74. The van der Waals surface area contributed by atoms with E-state index in [1.165, 1.54) is 0 Å². The number of hydrogen-bond donors (Lipinski definition) is 1. The summed E-state index contributed by atoms with van der Waals surface area (Å²) in [6.45, 7) is 10.6. The summed E-state index contributed by atoms with van der Waals surface area (Å²) >= 11 is 0. The van der Waals surface area contributed by atoms with Gasteiger partial charge in [-0.3, -0.25) is 10.1 Å². The largest absolute Gasteiger partial charge is 0.380 e. The topological polar surface area (TPSA) is 41.6 Å². The van der Waals surface area contributed by atoms with Crippen LogP contribution in [-0.2, 0) is 9.53 Å². The van der Waals surface area contributed by atoms with Gasteiger partial charge in [0.2, 0.25) is 5.91 Å². The first-order valence-electron chi connectivity index (χ1n) is 7.74. The molecule has 1 saturated heterocycles. The molecule has 1 N–H and O–H groups in total. The van der Waals surface area contributed by atoms with Gasteiger partial charge in [-0.1, -0.05) is 33.6 Å². The van der Waals surface area contributed by atoms with Crippen molar-refractivity contribution in [3.63, 3.8) is 0 Å². The molecule has 0 spiro atoms. The van der Waals surface area contributed by atoms with Crippen LogP contribution in [0.1, 0.15) is 53.4 Å². The molecule has 4 nitrogen and oxygen atoms in total. The molecule has 112 valence electrons. The molecule has 0 radical (unpaired) electrons. The van der Waals surface area contributed by atoms with Gasteiger partial charge in [0.15, 0.2) is 0 Å². The molecule has 2 unspecified atom stereocenters. The lowest BCUT2D eigenvalue weighted by molar-refractivity contribution is -0.131. The average Bonchev–Trinajstić information content (AvgIpc) is 2.64.